The molecule has 1 unspecified atom stereocenters. The molecule has 21 heavy (non-hydrogen) atoms. The summed E-state index contributed by atoms with van der Waals surface area (Å²) in [4.78, 5) is 24.7. The van der Waals surface area contributed by atoms with Crippen molar-refractivity contribution < 1.29 is 9.59 Å². The predicted molar refractivity (Wildman–Crippen MR) is 81.3 cm³/mol. The lowest BCUT2D eigenvalue weighted by atomic mass is 9.97. The number of rotatable bonds is 5. The molecule has 1 saturated heterocycles. The van der Waals surface area contributed by atoms with Crippen LogP contribution in [0, 0.1) is 5.92 Å². The molecule has 1 aliphatic rings. The van der Waals surface area contributed by atoms with Gasteiger partial charge in [0.15, 0.2) is 0 Å². The maximum atomic E-state index is 11.3. The molecule has 1 heterocycles. The van der Waals surface area contributed by atoms with Gasteiger partial charge < -0.3 is 16.8 Å². The van der Waals surface area contributed by atoms with Crippen molar-refractivity contribution in [3.8, 4) is 0 Å². The van der Waals surface area contributed by atoms with E-state index in [1.165, 1.54) is 0 Å². The number of hydrogen-bond acceptors (Lipinski definition) is 4. The number of hydrogen-bond donors (Lipinski definition) is 3. The van der Waals surface area contributed by atoms with E-state index < -0.39 is 0 Å². The van der Waals surface area contributed by atoms with E-state index >= 15 is 0 Å². The molecule has 0 aliphatic carbocycles. The molecule has 1 atom stereocenters. The fraction of sp³-hybridized carbons (Fsp3) is 0.467. The van der Waals surface area contributed by atoms with Gasteiger partial charge in [0.05, 0.1) is 12.5 Å². The summed E-state index contributed by atoms with van der Waals surface area (Å²) in [6, 6.07) is 7.66. The first-order chi connectivity index (χ1) is 10.1. The number of nitrogens with two attached hydrogens (primary N) is 2. The average Bonchev–Trinajstić information content (AvgIpc) is 2.49. The van der Waals surface area contributed by atoms with Crippen molar-refractivity contribution in [3.63, 3.8) is 0 Å². The first-order valence-electron chi connectivity index (χ1n) is 7.19. The molecule has 1 aliphatic heterocycles. The van der Waals surface area contributed by atoms with Crippen molar-refractivity contribution in [3.05, 3.63) is 29.8 Å². The third-order valence-corrected chi connectivity index (χ3v) is 3.74. The van der Waals surface area contributed by atoms with E-state index in [-0.39, 0.29) is 24.3 Å². The Morgan fingerprint density at radius 1 is 1.29 bits per heavy atom. The van der Waals surface area contributed by atoms with Crippen LogP contribution in [0.25, 0.3) is 0 Å². The van der Waals surface area contributed by atoms with Gasteiger partial charge in [0.1, 0.15) is 0 Å². The fourth-order valence-electron chi connectivity index (χ4n) is 2.60. The lowest BCUT2D eigenvalue weighted by Gasteiger charge is -2.31. The Morgan fingerprint density at radius 3 is 2.62 bits per heavy atom. The minimum Gasteiger partial charge on any atom is -0.369 e. The summed E-state index contributed by atoms with van der Waals surface area (Å²) >= 11 is 0. The summed E-state index contributed by atoms with van der Waals surface area (Å²) in [6.45, 7) is 2.47. The molecule has 1 fully saturated rings. The summed E-state index contributed by atoms with van der Waals surface area (Å²) in [5, 5.41) is 2.71. The first-order valence-corrected chi connectivity index (χ1v) is 7.19. The second kappa shape index (κ2) is 7.19. The zero-order valence-corrected chi connectivity index (χ0v) is 12.0. The topological polar surface area (TPSA) is 101 Å². The van der Waals surface area contributed by atoms with Gasteiger partial charge in [0, 0.05) is 18.8 Å². The molecule has 2 amide bonds. The van der Waals surface area contributed by atoms with Crippen molar-refractivity contribution in [2.24, 2.45) is 17.4 Å². The first kappa shape index (κ1) is 15.5. The van der Waals surface area contributed by atoms with E-state index in [0.717, 1.165) is 43.7 Å². The van der Waals surface area contributed by atoms with Crippen LogP contribution in [0.2, 0.25) is 0 Å². The molecule has 0 spiro atoms. The van der Waals surface area contributed by atoms with Crippen molar-refractivity contribution in [2.45, 2.75) is 19.4 Å². The Labute approximate surface area is 124 Å². The summed E-state index contributed by atoms with van der Waals surface area (Å²) in [7, 11) is 0. The molecule has 0 radical (unpaired) electrons. The van der Waals surface area contributed by atoms with Gasteiger partial charge in [-0.3, -0.25) is 14.5 Å². The minimum absolute atomic E-state index is 0.0238. The minimum atomic E-state index is -0.209. The number of likely N-dealkylation sites (tertiary alicyclic amines) is 1. The zero-order valence-electron chi connectivity index (χ0n) is 12.0. The standard InChI is InChI=1S/C15H22N4O2/c16-8-14(20)18-13-5-3-11(4-6-13)9-19-7-1-2-12(10-19)15(17)21/h3-6,12H,1-2,7-10,16H2,(H2,17,21)(H,18,20). The quantitative estimate of drug-likeness (QED) is 0.725. The molecule has 5 N–H and O–H groups in total. The second-order valence-corrected chi connectivity index (χ2v) is 5.43. The van der Waals surface area contributed by atoms with E-state index in [1.54, 1.807) is 0 Å². The fourth-order valence-corrected chi connectivity index (χ4v) is 2.60. The summed E-state index contributed by atoms with van der Waals surface area (Å²) < 4.78 is 0. The number of benzene rings is 1. The van der Waals surface area contributed by atoms with Gasteiger partial charge in [-0.15, -0.1) is 0 Å². The number of carbonyl (C=O) groups is 2. The van der Waals surface area contributed by atoms with Crippen LogP contribution >= 0.6 is 0 Å². The van der Waals surface area contributed by atoms with Crippen LogP contribution in [-0.2, 0) is 16.1 Å². The zero-order chi connectivity index (χ0) is 15.2. The number of piperidine rings is 1. The van der Waals surface area contributed by atoms with Crippen LogP contribution in [0.5, 0.6) is 0 Å². The predicted octanol–water partition coefficient (Wildman–Crippen LogP) is 0.281. The number of primary amides is 1. The molecule has 114 valence electrons. The normalized spacial score (nSPS) is 19.2. The summed E-state index contributed by atoms with van der Waals surface area (Å²) in [5.74, 6) is -0.454. The molecule has 0 aromatic heterocycles. The maximum Gasteiger partial charge on any atom is 0.238 e. The Hall–Kier alpha value is -1.92. The van der Waals surface area contributed by atoms with Crippen molar-refractivity contribution in [2.75, 3.05) is 25.0 Å². The maximum absolute atomic E-state index is 11.3. The number of amides is 2. The van der Waals surface area contributed by atoms with Crippen LogP contribution in [0.4, 0.5) is 5.69 Å². The van der Waals surface area contributed by atoms with Gasteiger partial charge in [-0.25, -0.2) is 0 Å². The Bertz CT molecular complexity index is 501. The Morgan fingerprint density at radius 2 is 2.00 bits per heavy atom. The van der Waals surface area contributed by atoms with Crippen molar-refractivity contribution in [1.82, 2.24) is 4.90 Å². The Balaban J connectivity index is 1.91. The molecule has 6 nitrogen and oxygen atoms in total. The highest BCUT2D eigenvalue weighted by atomic mass is 16.2. The van der Waals surface area contributed by atoms with Gasteiger partial charge in [0.25, 0.3) is 0 Å². The molecular weight excluding hydrogens is 268 g/mol. The van der Waals surface area contributed by atoms with Crippen LogP contribution in [-0.4, -0.2) is 36.3 Å². The number of carbonyl (C=O) groups excluding carboxylic acids is 2. The SMILES string of the molecule is NCC(=O)Nc1ccc(CN2CCCC(C(N)=O)C2)cc1. The third kappa shape index (κ3) is 4.54. The van der Waals surface area contributed by atoms with E-state index in [2.05, 4.69) is 10.2 Å². The summed E-state index contributed by atoms with van der Waals surface area (Å²) in [5.41, 5.74) is 12.5. The van der Waals surface area contributed by atoms with E-state index in [0.29, 0.717) is 0 Å². The largest absolute Gasteiger partial charge is 0.369 e. The van der Waals surface area contributed by atoms with Crippen LogP contribution in [0.3, 0.4) is 0 Å². The van der Waals surface area contributed by atoms with E-state index in [1.807, 2.05) is 24.3 Å². The number of anilines is 1. The van der Waals surface area contributed by atoms with Crippen LogP contribution < -0.4 is 16.8 Å². The number of nitrogens with zero attached hydrogens (tertiary/aromatic N) is 1. The highest BCUT2D eigenvalue weighted by Gasteiger charge is 2.23. The number of nitrogens with one attached hydrogen (secondary N) is 1. The molecular formula is C15H22N4O2. The smallest absolute Gasteiger partial charge is 0.238 e. The second-order valence-electron chi connectivity index (χ2n) is 5.43. The van der Waals surface area contributed by atoms with Crippen molar-refractivity contribution in [1.29, 1.82) is 0 Å². The Kier molecular flexibility index (Phi) is 5.30. The van der Waals surface area contributed by atoms with Gasteiger partial charge in [-0.1, -0.05) is 12.1 Å². The van der Waals surface area contributed by atoms with Crippen LogP contribution in [0.1, 0.15) is 18.4 Å². The molecule has 0 saturated carbocycles. The summed E-state index contributed by atoms with van der Waals surface area (Å²) in [6.07, 6.45) is 1.88. The molecule has 0 bridgehead atoms. The average molecular weight is 290 g/mol. The lowest BCUT2D eigenvalue weighted by molar-refractivity contribution is -0.123. The molecule has 6 heteroatoms. The molecule has 2 rings (SSSR count). The molecule has 1 aromatic rings. The van der Waals surface area contributed by atoms with Gasteiger partial charge in [0.2, 0.25) is 11.8 Å². The highest BCUT2D eigenvalue weighted by molar-refractivity contribution is 5.92. The lowest BCUT2D eigenvalue weighted by Crippen LogP contribution is -2.40. The molecule has 1 aromatic carbocycles. The van der Waals surface area contributed by atoms with Gasteiger partial charge in [-0.2, -0.15) is 0 Å². The highest BCUT2D eigenvalue weighted by Crippen LogP contribution is 2.19. The van der Waals surface area contributed by atoms with E-state index in [4.69, 9.17) is 11.5 Å². The van der Waals surface area contributed by atoms with Gasteiger partial charge in [-0.05, 0) is 37.1 Å². The third-order valence-electron chi connectivity index (χ3n) is 3.74. The van der Waals surface area contributed by atoms with Crippen molar-refractivity contribution >= 4 is 17.5 Å². The van der Waals surface area contributed by atoms with Crippen LogP contribution in [0.15, 0.2) is 24.3 Å². The monoisotopic (exact) mass is 290 g/mol. The van der Waals surface area contributed by atoms with E-state index in [9.17, 15) is 9.59 Å². The van der Waals surface area contributed by atoms with Gasteiger partial charge >= 0.3 is 0 Å².